The first kappa shape index (κ1) is 8.35. The van der Waals surface area contributed by atoms with Crippen LogP contribution in [0.2, 0.25) is 0 Å². The van der Waals surface area contributed by atoms with Gasteiger partial charge in [-0.3, -0.25) is 15.2 Å². The minimum absolute atomic E-state index is 0.667. The summed E-state index contributed by atoms with van der Waals surface area (Å²) >= 11 is 6.00. The second-order valence-corrected chi connectivity index (χ2v) is 3.74. The number of hydroxylamine groups is 1. The van der Waals surface area contributed by atoms with Crippen molar-refractivity contribution in [2.24, 2.45) is 5.92 Å². The van der Waals surface area contributed by atoms with E-state index in [2.05, 4.69) is 10.4 Å². The molecular formula is C8H13ClN2O. The Morgan fingerprint density at radius 1 is 1.75 bits per heavy atom. The highest BCUT2D eigenvalue weighted by Crippen LogP contribution is 2.34. The van der Waals surface area contributed by atoms with Crippen LogP contribution < -0.4 is 5.48 Å². The topological polar surface area (TPSA) is 24.5 Å². The van der Waals surface area contributed by atoms with Gasteiger partial charge in [-0.2, -0.15) is 0 Å². The number of hydrogen-bond donors (Lipinski definition) is 1. The van der Waals surface area contributed by atoms with Gasteiger partial charge in [0.15, 0.2) is 0 Å². The molecule has 0 aliphatic carbocycles. The third kappa shape index (κ3) is 1.32. The Balaban J connectivity index is 2.09. The maximum Gasteiger partial charge on any atom is 0.127 e. The smallest absolute Gasteiger partial charge is 0.127 e. The zero-order chi connectivity index (χ0) is 8.55. The van der Waals surface area contributed by atoms with Crippen LogP contribution in [0.3, 0.4) is 0 Å². The van der Waals surface area contributed by atoms with Gasteiger partial charge in [0, 0.05) is 13.1 Å². The van der Waals surface area contributed by atoms with Gasteiger partial charge in [-0.05, 0) is 24.5 Å². The average Bonchev–Trinajstić information content (AvgIpc) is 2.64. The van der Waals surface area contributed by atoms with Crippen molar-refractivity contribution in [1.29, 1.82) is 0 Å². The molecule has 0 aromatic rings. The fraction of sp³-hybridized carbons (Fsp3) is 0.750. The van der Waals surface area contributed by atoms with Crippen LogP contribution in [-0.4, -0.2) is 31.6 Å². The molecule has 0 spiro atoms. The molecule has 0 amide bonds. The summed E-state index contributed by atoms with van der Waals surface area (Å²) in [4.78, 5) is 7.18. The van der Waals surface area contributed by atoms with E-state index in [9.17, 15) is 0 Å². The molecule has 2 atom stereocenters. The Labute approximate surface area is 77.3 Å². The standard InChI is InChI=1S/C8H13ClN2O/c1-12-10-8(9)7-5-11-3-2-6(7)4-11/h6,10H,2-5H2,1H3/b8-7-. The summed E-state index contributed by atoms with van der Waals surface area (Å²) in [6.45, 7) is 3.42. The third-order valence-electron chi connectivity index (χ3n) is 2.63. The molecule has 4 heteroatoms. The van der Waals surface area contributed by atoms with E-state index in [-0.39, 0.29) is 0 Å². The van der Waals surface area contributed by atoms with Crippen LogP contribution in [-0.2, 0) is 4.84 Å². The van der Waals surface area contributed by atoms with Crippen LogP contribution in [0.5, 0.6) is 0 Å². The quantitative estimate of drug-likeness (QED) is 0.516. The van der Waals surface area contributed by atoms with Gasteiger partial charge in [0.2, 0.25) is 0 Å². The number of nitrogens with one attached hydrogen (secondary N) is 1. The first-order valence-corrected chi connectivity index (χ1v) is 4.59. The molecule has 2 saturated heterocycles. The first-order chi connectivity index (χ1) is 5.81. The minimum Gasteiger partial charge on any atom is -0.299 e. The molecule has 0 saturated carbocycles. The lowest BCUT2D eigenvalue weighted by Gasteiger charge is -2.16. The minimum atomic E-state index is 0.667. The second-order valence-electron chi connectivity index (χ2n) is 3.37. The summed E-state index contributed by atoms with van der Waals surface area (Å²) in [5.41, 5.74) is 4.00. The largest absolute Gasteiger partial charge is 0.299 e. The molecule has 2 unspecified atom stereocenters. The zero-order valence-electron chi connectivity index (χ0n) is 7.14. The monoisotopic (exact) mass is 188 g/mol. The second kappa shape index (κ2) is 3.24. The van der Waals surface area contributed by atoms with Crippen molar-refractivity contribution in [3.05, 3.63) is 10.7 Å². The molecule has 2 aliphatic heterocycles. The summed E-state index contributed by atoms with van der Waals surface area (Å²) in [6, 6.07) is 0. The molecule has 1 N–H and O–H groups in total. The lowest BCUT2D eigenvalue weighted by Crippen LogP contribution is -2.20. The Hall–Kier alpha value is -0.250. The number of rotatable bonds is 2. The lowest BCUT2D eigenvalue weighted by molar-refractivity contribution is 0.123. The van der Waals surface area contributed by atoms with Gasteiger partial charge in [-0.15, -0.1) is 0 Å². The van der Waals surface area contributed by atoms with Gasteiger partial charge in [0.05, 0.1) is 7.11 Å². The van der Waals surface area contributed by atoms with Gasteiger partial charge < -0.3 is 0 Å². The molecule has 3 nitrogen and oxygen atoms in total. The summed E-state index contributed by atoms with van der Waals surface area (Å²) in [5.74, 6) is 0.667. The molecule has 68 valence electrons. The SMILES string of the molecule is CON/C(Cl)=C1/CN2CCC1C2. The highest BCUT2D eigenvalue weighted by molar-refractivity contribution is 6.29. The van der Waals surface area contributed by atoms with Crippen LogP contribution >= 0.6 is 11.6 Å². The molecule has 0 aromatic heterocycles. The number of halogens is 1. The molecule has 2 rings (SSSR count). The Bertz CT molecular complexity index is 217. The van der Waals surface area contributed by atoms with Crippen molar-refractivity contribution < 1.29 is 4.84 Å². The maximum absolute atomic E-state index is 6.00. The van der Waals surface area contributed by atoms with E-state index in [0.29, 0.717) is 11.1 Å². The summed E-state index contributed by atoms with van der Waals surface area (Å²) in [6.07, 6.45) is 1.25. The van der Waals surface area contributed by atoms with E-state index in [4.69, 9.17) is 16.4 Å². The molecule has 2 heterocycles. The van der Waals surface area contributed by atoms with Crippen molar-refractivity contribution in [2.75, 3.05) is 26.7 Å². The first-order valence-electron chi connectivity index (χ1n) is 4.21. The lowest BCUT2D eigenvalue weighted by atomic mass is 10.0. The molecule has 2 aliphatic rings. The van der Waals surface area contributed by atoms with Crippen molar-refractivity contribution >= 4 is 11.6 Å². The highest BCUT2D eigenvalue weighted by atomic mass is 35.5. The summed E-state index contributed by atoms with van der Waals surface area (Å²) in [7, 11) is 1.58. The number of piperidine rings is 1. The van der Waals surface area contributed by atoms with Crippen LogP contribution in [0.25, 0.3) is 0 Å². The fourth-order valence-electron chi connectivity index (χ4n) is 2.03. The van der Waals surface area contributed by atoms with Gasteiger partial charge >= 0.3 is 0 Å². The molecular weight excluding hydrogens is 176 g/mol. The van der Waals surface area contributed by atoms with Crippen molar-refractivity contribution in [2.45, 2.75) is 6.42 Å². The summed E-state index contributed by atoms with van der Waals surface area (Å²) in [5, 5.41) is 0.685. The van der Waals surface area contributed by atoms with E-state index < -0.39 is 0 Å². The van der Waals surface area contributed by atoms with Gasteiger partial charge in [-0.25, -0.2) is 0 Å². The Morgan fingerprint density at radius 3 is 3.08 bits per heavy atom. The fourth-order valence-corrected chi connectivity index (χ4v) is 2.33. The third-order valence-corrected chi connectivity index (χ3v) is 2.95. The molecule has 2 bridgehead atoms. The number of hydrogen-bond acceptors (Lipinski definition) is 3. The van der Waals surface area contributed by atoms with Gasteiger partial charge in [0.25, 0.3) is 0 Å². The maximum atomic E-state index is 6.00. The molecule has 2 fully saturated rings. The molecule has 0 aromatic carbocycles. The average molecular weight is 189 g/mol. The normalized spacial score (nSPS) is 37.2. The van der Waals surface area contributed by atoms with Crippen LogP contribution in [0.4, 0.5) is 0 Å². The number of fused-ring (bicyclic) bond motifs is 2. The highest BCUT2D eigenvalue weighted by Gasteiger charge is 2.35. The van der Waals surface area contributed by atoms with Crippen LogP contribution in [0, 0.1) is 5.92 Å². The number of nitrogens with zero attached hydrogens (tertiary/aromatic N) is 1. The van der Waals surface area contributed by atoms with Crippen LogP contribution in [0.15, 0.2) is 10.7 Å². The Kier molecular flexibility index (Phi) is 2.26. The molecule has 12 heavy (non-hydrogen) atoms. The van der Waals surface area contributed by atoms with E-state index >= 15 is 0 Å². The van der Waals surface area contributed by atoms with Crippen molar-refractivity contribution in [3.8, 4) is 0 Å². The van der Waals surface area contributed by atoms with Crippen LogP contribution in [0.1, 0.15) is 6.42 Å². The zero-order valence-corrected chi connectivity index (χ0v) is 7.90. The van der Waals surface area contributed by atoms with Gasteiger partial charge in [-0.1, -0.05) is 11.6 Å². The van der Waals surface area contributed by atoms with E-state index in [0.717, 1.165) is 6.54 Å². The molecule has 0 radical (unpaired) electrons. The van der Waals surface area contributed by atoms with E-state index in [1.807, 2.05) is 0 Å². The van der Waals surface area contributed by atoms with Crippen molar-refractivity contribution in [1.82, 2.24) is 10.4 Å². The van der Waals surface area contributed by atoms with Crippen molar-refractivity contribution in [3.63, 3.8) is 0 Å². The predicted octanol–water partition coefficient (Wildman–Crippen LogP) is 0.923. The Morgan fingerprint density at radius 2 is 2.58 bits per heavy atom. The predicted molar refractivity (Wildman–Crippen MR) is 47.6 cm³/mol. The van der Waals surface area contributed by atoms with Gasteiger partial charge in [0.1, 0.15) is 5.16 Å². The summed E-state index contributed by atoms with van der Waals surface area (Å²) < 4.78 is 0. The van der Waals surface area contributed by atoms with E-state index in [1.54, 1.807) is 7.11 Å². The van der Waals surface area contributed by atoms with E-state index in [1.165, 1.54) is 25.1 Å².